The Kier molecular flexibility index (Phi) is 7.96. The third kappa shape index (κ3) is 6.74. The summed E-state index contributed by atoms with van der Waals surface area (Å²) in [6, 6.07) is 14.7. The quantitative estimate of drug-likeness (QED) is 0.449. The molecule has 0 aliphatic carbocycles. The van der Waals surface area contributed by atoms with E-state index in [2.05, 4.69) is 10.6 Å². The molecule has 33 heavy (non-hydrogen) atoms. The van der Waals surface area contributed by atoms with E-state index in [1.54, 1.807) is 30.3 Å². The maximum Gasteiger partial charge on any atom is 0.355 e. The van der Waals surface area contributed by atoms with E-state index in [1.165, 1.54) is 35.5 Å². The number of benzene rings is 2. The normalized spacial score (nSPS) is 14.5. The highest BCUT2D eigenvalue weighted by atomic mass is 32.2. The Labute approximate surface area is 192 Å². The summed E-state index contributed by atoms with van der Waals surface area (Å²) >= 11 is 0. The van der Waals surface area contributed by atoms with E-state index in [0.717, 1.165) is 12.8 Å². The Balaban J connectivity index is 1.63. The van der Waals surface area contributed by atoms with Gasteiger partial charge in [0, 0.05) is 25.7 Å². The number of nitrogens with zero attached hydrogens (tertiary/aromatic N) is 1. The van der Waals surface area contributed by atoms with Crippen LogP contribution in [-0.4, -0.2) is 50.2 Å². The third-order valence-corrected chi connectivity index (χ3v) is 6.69. The number of nitrogens with one attached hydrogen (secondary N) is 2. The number of hydrogen-bond donors (Lipinski definition) is 2. The molecule has 2 N–H and O–H groups in total. The van der Waals surface area contributed by atoms with Gasteiger partial charge in [0.25, 0.3) is 5.91 Å². The fourth-order valence-electron chi connectivity index (χ4n) is 3.27. The Morgan fingerprint density at radius 2 is 1.73 bits per heavy atom. The SMILES string of the molecule is CC(=O)N/C(=C\c1ccccc1)C(=O)OCC(=O)Nc1cccc(S(=O)(=O)N2CCCC2)c1. The van der Waals surface area contributed by atoms with Crippen molar-refractivity contribution in [3.05, 3.63) is 65.9 Å². The van der Waals surface area contributed by atoms with Crippen molar-refractivity contribution in [3.63, 3.8) is 0 Å². The number of anilines is 1. The molecule has 1 heterocycles. The van der Waals surface area contributed by atoms with Gasteiger partial charge in [-0.3, -0.25) is 9.59 Å². The van der Waals surface area contributed by atoms with Crippen LogP contribution in [0.25, 0.3) is 6.08 Å². The smallest absolute Gasteiger partial charge is 0.355 e. The Hall–Kier alpha value is -3.50. The van der Waals surface area contributed by atoms with Crippen molar-refractivity contribution in [2.45, 2.75) is 24.7 Å². The third-order valence-electron chi connectivity index (χ3n) is 4.80. The lowest BCUT2D eigenvalue weighted by atomic mass is 10.2. The molecule has 0 unspecified atom stereocenters. The largest absolute Gasteiger partial charge is 0.451 e. The molecule has 1 aliphatic heterocycles. The molecule has 10 heteroatoms. The minimum atomic E-state index is -3.63. The summed E-state index contributed by atoms with van der Waals surface area (Å²) in [5.74, 6) is -2.00. The van der Waals surface area contributed by atoms with E-state index in [-0.39, 0.29) is 16.3 Å². The lowest BCUT2D eigenvalue weighted by Crippen LogP contribution is -2.29. The maximum atomic E-state index is 12.7. The summed E-state index contributed by atoms with van der Waals surface area (Å²) in [6.45, 7) is 1.58. The summed E-state index contributed by atoms with van der Waals surface area (Å²) in [5.41, 5.74) is 0.817. The van der Waals surface area contributed by atoms with Crippen molar-refractivity contribution >= 4 is 39.6 Å². The van der Waals surface area contributed by atoms with Crippen LogP contribution in [0.4, 0.5) is 5.69 Å². The van der Waals surface area contributed by atoms with Crippen molar-refractivity contribution in [1.29, 1.82) is 0 Å². The van der Waals surface area contributed by atoms with Gasteiger partial charge in [-0.15, -0.1) is 0 Å². The molecule has 9 nitrogen and oxygen atoms in total. The number of rotatable bonds is 8. The molecule has 2 amide bonds. The van der Waals surface area contributed by atoms with E-state index in [0.29, 0.717) is 18.7 Å². The van der Waals surface area contributed by atoms with Crippen LogP contribution in [0.3, 0.4) is 0 Å². The first-order valence-electron chi connectivity index (χ1n) is 10.4. The van der Waals surface area contributed by atoms with Crippen LogP contribution < -0.4 is 10.6 Å². The van der Waals surface area contributed by atoms with Gasteiger partial charge in [0.15, 0.2) is 6.61 Å². The standard InChI is InChI=1S/C23H25N3O6S/c1-17(27)24-21(14-18-8-3-2-4-9-18)23(29)32-16-22(28)25-19-10-7-11-20(15-19)33(30,31)26-12-5-6-13-26/h2-4,7-11,14-15H,5-6,12-13,16H2,1H3,(H,24,27)(H,25,28)/b21-14-. The van der Waals surface area contributed by atoms with Crippen molar-refractivity contribution in [2.24, 2.45) is 0 Å². The Morgan fingerprint density at radius 3 is 2.39 bits per heavy atom. The van der Waals surface area contributed by atoms with Gasteiger partial charge >= 0.3 is 5.97 Å². The van der Waals surface area contributed by atoms with Crippen LogP contribution in [0.5, 0.6) is 0 Å². The summed E-state index contributed by atoms with van der Waals surface area (Å²) in [4.78, 5) is 36.2. The molecule has 0 radical (unpaired) electrons. The molecule has 0 spiro atoms. The molecule has 0 saturated carbocycles. The van der Waals surface area contributed by atoms with Crippen molar-refractivity contribution in [3.8, 4) is 0 Å². The van der Waals surface area contributed by atoms with Gasteiger partial charge in [0.2, 0.25) is 15.9 Å². The zero-order valence-corrected chi connectivity index (χ0v) is 18.9. The van der Waals surface area contributed by atoms with Crippen LogP contribution in [0.1, 0.15) is 25.3 Å². The first-order valence-corrected chi connectivity index (χ1v) is 11.8. The van der Waals surface area contributed by atoms with Crippen molar-refractivity contribution in [2.75, 3.05) is 25.0 Å². The highest BCUT2D eigenvalue weighted by Crippen LogP contribution is 2.23. The molecule has 2 aromatic carbocycles. The Bertz CT molecular complexity index is 1160. The average molecular weight is 472 g/mol. The number of ether oxygens (including phenoxy) is 1. The zero-order chi connectivity index (χ0) is 23.8. The predicted octanol–water partition coefficient (Wildman–Crippen LogP) is 2.13. The second-order valence-electron chi connectivity index (χ2n) is 7.41. The first-order chi connectivity index (χ1) is 15.8. The van der Waals surface area contributed by atoms with Crippen molar-refractivity contribution < 1.29 is 27.5 Å². The van der Waals surface area contributed by atoms with E-state index in [1.807, 2.05) is 6.07 Å². The van der Waals surface area contributed by atoms with Crippen LogP contribution in [0.15, 0.2) is 65.2 Å². The van der Waals surface area contributed by atoms with Gasteiger partial charge in [-0.25, -0.2) is 13.2 Å². The van der Waals surface area contributed by atoms with Crippen LogP contribution in [0.2, 0.25) is 0 Å². The number of amides is 2. The zero-order valence-electron chi connectivity index (χ0n) is 18.1. The summed E-state index contributed by atoms with van der Waals surface area (Å²) < 4.78 is 31.9. The lowest BCUT2D eigenvalue weighted by Gasteiger charge is -2.16. The fourth-order valence-corrected chi connectivity index (χ4v) is 4.83. The predicted molar refractivity (Wildman–Crippen MR) is 122 cm³/mol. The van der Waals surface area contributed by atoms with Crippen LogP contribution in [0, 0.1) is 0 Å². The molecule has 0 aromatic heterocycles. The number of sulfonamides is 1. The molecular formula is C23H25N3O6S. The van der Waals surface area contributed by atoms with Gasteiger partial charge in [-0.2, -0.15) is 4.31 Å². The summed E-state index contributed by atoms with van der Waals surface area (Å²) in [6.07, 6.45) is 3.08. The fraction of sp³-hybridized carbons (Fsp3) is 0.261. The minimum Gasteiger partial charge on any atom is -0.451 e. The number of carbonyl (C=O) groups is 3. The van der Waals surface area contributed by atoms with Gasteiger partial charge < -0.3 is 15.4 Å². The molecule has 0 bridgehead atoms. The van der Waals surface area contributed by atoms with E-state index >= 15 is 0 Å². The van der Waals surface area contributed by atoms with E-state index < -0.39 is 34.4 Å². The van der Waals surface area contributed by atoms with Crippen molar-refractivity contribution in [1.82, 2.24) is 9.62 Å². The van der Waals surface area contributed by atoms with Gasteiger partial charge in [0.05, 0.1) is 4.90 Å². The molecule has 174 valence electrons. The average Bonchev–Trinajstić information content (AvgIpc) is 3.34. The number of carbonyl (C=O) groups excluding carboxylic acids is 3. The molecule has 1 fully saturated rings. The summed E-state index contributed by atoms with van der Waals surface area (Å²) in [5, 5.41) is 4.92. The molecule has 2 aromatic rings. The topological polar surface area (TPSA) is 122 Å². The highest BCUT2D eigenvalue weighted by Gasteiger charge is 2.27. The second-order valence-corrected chi connectivity index (χ2v) is 9.35. The number of esters is 1. The van der Waals surface area contributed by atoms with Gasteiger partial charge in [-0.1, -0.05) is 36.4 Å². The molecule has 0 atom stereocenters. The second kappa shape index (κ2) is 10.9. The molecular weight excluding hydrogens is 446 g/mol. The summed E-state index contributed by atoms with van der Waals surface area (Å²) in [7, 11) is -3.63. The lowest BCUT2D eigenvalue weighted by molar-refractivity contribution is -0.144. The van der Waals surface area contributed by atoms with Crippen LogP contribution in [-0.2, 0) is 29.1 Å². The van der Waals surface area contributed by atoms with Gasteiger partial charge in [-0.05, 0) is 42.7 Å². The Morgan fingerprint density at radius 1 is 1.03 bits per heavy atom. The molecule has 1 saturated heterocycles. The maximum absolute atomic E-state index is 12.7. The minimum absolute atomic E-state index is 0.0814. The van der Waals surface area contributed by atoms with E-state index in [4.69, 9.17) is 4.74 Å². The first kappa shape index (κ1) is 24.1. The van der Waals surface area contributed by atoms with E-state index in [9.17, 15) is 22.8 Å². The molecule has 3 rings (SSSR count). The van der Waals surface area contributed by atoms with Crippen LogP contribution >= 0.6 is 0 Å². The molecule has 1 aliphatic rings. The number of hydrogen-bond acceptors (Lipinski definition) is 6. The van der Waals surface area contributed by atoms with Gasteiger partial charge in [0.1, 0.15) is 5.70 Å². The monoisotopic (exact) mass is 471 g/mol. The highest BCUT2D eigenvalue weighted by molar-refractivity contribution is 7.89.